The van der Waals surface area contributed by atoms with Crippen molar-refractivity contribution in [2.24, 2.45) is 11.3 Å². The first-order valence-electron chi connectivity index (χ1n) is 8.82. The average molecular weight is 305 g/mol. The molecule has 3 rings (SSSR count). The lowest BCUT2D eigenvalue weighted by atomic mass is 9.77. The molecule has 2 aliphatic rings. The molecule has 2 atom stereocenters. The fourth-order valence-corrected chi connectivity index (χ4v) is 5.13. The van der Waals surface area contributed by atoms with Gasteiger partial charge in [0.25, 0.3) is 0 Å². The smallest absolute Gasteiger partial charge is 0.0618 e. The minimum atomic E-state index is 0.183. The Morgan fingerprint density at radius 2 is 1.62 bits per heavy atom. The summed E-state index contributed by atoms with van der Waals surface area (Å²) in [5, 5.41) is 0.183. The van der Waals surface area contributed by atoms with E-state index in [4.69, 9.17) is 11.6 Å². The van der Waals surface area contributed by atoms with Gasteiger partial charge in [-0.2, -0.15) is 0 Å². The average Bonchev–Trinajstić information content (AvgIpc) is 2.87. The Balaban J connectivity index is 1.71. The van der Waals surface area contributed by atoms with Crippen molar-refractivity contribution in [2.45, 2.75) is 76.5 Å². The maximum atomic E-state index is 6.84. The van der Waals surface area contributed by atoms with Gasteiger partial charge in [0.15, 0.2) is 0 Å². The fraction of sp³-hybridized carbons (Fsp3) is 0.700. The van der Waals surface area contributed by atoms with Crippen LogP contribution >= 0.6 is 11.6 Å². The summed E-state index contributed by atoms with van der Waals surface area (Å²) in [7, 11) is 0. The van der Waals surface area contributed by atoms with E-state index in [-0.39, 0.29) is 5.38 Å². The van der Waals surface area contributed by atoms with E-state index in [0.29, 0.717) is 11.3 Å². The Labute approximate surface area is 135 Å². The highest BCUT2D eigenvalue weighted by Crippen LogP contribution is 2.51. The number of halogens is 1. The maximum Gasteiger partial charge on any atom is 0.0618 e. The Bertz CT molecular complexity index is 453. The zero-order chi connectivity index (χ0) is 14.9. The second-order valence-electron chi connectivity index (χ2n) is 7.89. The quantitative estimate of drug-likeness (QED) is 0.536. The molecule has 0 aromatic heterocycles. The van der Waals surface area contributed by atoms with Gasteiger partial charge in [-0.3, -0.25) is 0 Å². The Hall–Kier alpha value is -0.490. The van der Waals surface area contributed by atoms with Crippen LogP contribution in [0.5, 0.6) is 0 Å². The van der Waals surface area contributed by atoms with Crippen LogP contribution in [0.4, 0.5) is 0 Å². The lowest BCUT2D eigenvalue weighted by Gasteiger charge is -2.31. The molecule has 1 aromatic rings. The van der Waals surface area contributed by atoms with Crippen LogP contribution in [0, 0.1) is 11.3 Å². The molecule has 2 unspecified atom stereocenters. The van der Waals surface area contributed by atoms with E-state index in [0.717, 1.165) is 5.92 Å². The molecule has 1 heteroatoms. The molecule has 0 N–H and O–H groups in total. The largest absolute Gasteiger partial charge is 0.118 e. The van der Waals surface area contributed by atoms with Gasteiger partial charge in [-0.05, 0) is 54.1 Å². The Kier molecular flexibility index (Phi) is 4.64. The summed E-state index contributed by atoms with van der Waals surface area (Å²) >= 11 is 6.84. The number of benzene rings is 1. The predicted molar refractivity (Wildman–Crippen MR) is 92.0 cm³/mol. The van der Waals surface area contributed by atoms with Gasteiger partial charge in [-0.1, -0.05) is 63.8 Å². The van der Waals surface area contributed by atoms with E-state index >= 15 is 0 Å². The van der Waals surface area contributed by atoms with Crippen molar-refractivity contribution in [3.05, 3.63) is 35.4 Å². The molecular formula is C20H29Cl. The molecule has 0 aliphatic heterocycles. The topological polar surface area (TPSA) is 0 Å². The van der Waals surface area contributed by atoms with E-state index in [1.807, 2.05) is 0 Å². The van der Waals surface area contributed by atoms with E-state index in [2.05, 4.69) is 38.1 Å². The first-order chi connectivity index (χ1) is 10.1. The number of rotatable bonds is 3. The minimum absolute atomic E-state index is 0.183. The molecule has 0 nitrogen and oxygen atoms in total. The summed E-state index contributed by atoms with van der Waals surface area (Å²) in [6, 6.07) is 9.30. The molecule has 21 heavy (non-hydrogen) atoms. The van der Waals surface area contributed by atoms with Crippen molar-refractivity contribution in [1.29, 1.82) is 0 Å². The van der Waals surface area contributed by atoms with Crippen LogP contribution in [-0.2, 0) is 0 Å². The third-order valence-electron chi connectivity index (χ3n) is 6.02. The third-order valence-corrected chi connectivity index (χ3v) is 6.58. The summed E-state index contributed by atoms with van der Waals surface area (Å²) in [5.74, 6) is 1.42. The van der Waals surface area contributed by atoms with Crippen LogP contribution in [0.1, 0.15) is 87.6 Å². The summed E-state index contributed by atoms with van der Waals surface area (Å²) in [6.45, 7) is 4.77. The fourth-order valence-electron chi connectivity index (χ4n) is 4.52. The number of alkyl halides is 1. The van der Waals surface area contributed by atoms with Crippen LogP contribution in [0.3, 0.4) is 0 Å². The molecule has 0 spiro atoms. The van der Waals surface area contributed by atoms with Gasteiger partial charge in [0.1, 0.15) is 0 Å². The molecule has 0 saturated heterocycles. The predicted octanol–water partition coefficient (Wildman–Crippen LogP) is 6.84. The summed E-state index contributed by atoms with van der Waals surface area (Å²) in [6.07, 6.45) is 10.9. The van der Waals surface area contributed by atoms with Gasteiger partial charge in [0.2, 0.25) is 0 Å². The first kappa shape index (κ1) is 15.4. The molecule has 0 amide bonds. The molecule has 2 aliphatic carbocycles. The van der Waals surface area contributed by atoms with E-state index < -0.39 is 0 Å². The summed E-state index contributed by atoms with van der Waals surface area (Å²) in [4.78, 5) is 0. The summed E-state index contributed by atoms with van der Waals surface area (Å²) in [5.41, 5.74) is 3.26. The van der Waals surface area contributed by atoms with Crippen molar-refractivity contribution in [1.82, 2.24) is 0 Å². The van der Waals surface area contributed by atoms with Crippen molar-refractivity contribution in [3.8, 4) is 0 Å². The normalized spacial score (nSPS) is 27.7. The molecule has 2 fully saturated rings. The number of hydrogen-bond donors (Lipinski definition) is 0. The molecule has 0 radical (unpaired) electrons. The lowest BCUT2D eigenvalue weighted by Crippen LogP contribution is -2.21. The zero-order valence-electron chi connectivity index (χ0n) is 13.6. The molecular weight excluding hydrogens is 276 g/mol. The van der Waals surface area contributed by atoms with Crippen LogP contribution in [0.15, 0.2) is 24.3 Å². The molecule has 2 saturated carbocycles. The summed E-state index contributed by atoms with van der Waals surface area (Å²) < 4.78 is 0. The standard InChI is InChI=1S/C20H29Cl/c1-20(2)14-6-9-18(20)19(21)17-12-10-16(11-13-17)15-7-4-3-5-8-15/h10-13,15,18-19H,3-9,14H2,1-2H3. The van der Waals surface area contributed by atoms with Gasteiger partial charge >= 0.3 is 0 Å². The second-order valence-corrected chi connectivity index (χ2v) is 8.36. The minimum Gasteiger partial charge on any atom is -0.118 e. The third kappa shape index (κ3) is 3.31. The highest BCUT2D eigenvalue weighted by molar-refractivity contribution is 6.21. The second kappa shape index (κ2) is 6.32. The van der Waals surface area contributed by atoms with Gasteiger partial charge in [-0.25, -0.2) is 0 Å². The van der Waals surface area contributed by atoms with Crippen molar-refractivity contribution < 1.29 is 0 Å². The Morgan fingerprint density at radius 1 is 0.952 bits per heavy atom. The highest BCUT2D eigenvalue weighted by Gasteiger charge is 2.39. The molecule has 1 aromatic carbocycles. The van der Waals surface area contributed by atoms with Crippen LogP contribution < -0.4 is 0 Å². The van der Waals surface area contributed by atoms with Gasteiger partial charge in [0.05, 0.1) is 5.38 Å². The lowest BCUT2D eigenvalue weighted by molar-refractivity contribution is 0.252. The van der Waals surface area contributed by atoms with Crippen molar-refractivity contribution >= 4 is 11.6 Å². The number of hydrogen-bond acceptors (Lipinski definition) is 0. The van der Waals surface area contributed by atoms with Crippen molar-refractivity contribution in [2.75, 3.05) is 0 Å². The Morgan fingerprint density at radius 3 is 2.19 bits per heavy atom. The van der Waals surface area contributed by atoms with Gasteiger partial charge in [-0.15, -0.1) is 11.6 Å². The van der Waals surface area contributed by atoms with Crippen molar-refractivity contribution in [3.63, 3.8) is 0 Å². The van der Waals surface area contributed by atoms with E-state index in [1.165, 1.54) is 62.5 Å². The monoisotopic (exact) mass is 304 g/mol. The van der Waals surface area contributed by atoms with Crippen LogP contribution in [0.25, 0.3) is 0 Å². The van der Waals surface area contributed by atoms with Gasteiger partial charge in [0, 0.05) is 0 Å². The first-order valence-corrected chi connectivity index (χ1v) is 9.25. The van der Waals surface area contributed by atoms with E-state index in [9.17, 15) is 0 Å². The van der Waals surface area contributed by atoms with Crippen LogP contribution in [0.2, 0.25) is 0 Å². The zero-order valence-corrected chi connectivity index (χ0v) is 14.3. The molecule has 116 valence electrons. The molecule has 0 heterocycles. The maximum absolute atomic E-state index is 6.84. The molecule has 0 bridgehead atoms. The van der Waals surface area contributed by atoms with E-state index in [1.54, 1.807) is 0 Å². The van der Waals surface area contributed by atoms with Gasteiger partial charge < -0.3 is 0 Å². The SMILES string of the molecule is CC1(C)CCCC1C(Cl)c1ccc(C2CCCCC2)cc1. The highest BCUT2D eigenvalue weighted by atomic mass is 35.5. The van der Waals surface area contributed by atoms with Crippen LogP contribution in [-0.4, -0.2) is 0 Å².